The van der Waals surface area contributed by atoms with Gasteiger partial charge in [-0.3, -0.25) is 0 Å². The normalized spacial score (nSPS) is 17.0. The van der Waals surface area contributed by atoms with Gasteiger partial charge in [0.05, 0.1) is 23.6 Å². The van der Waals surface area contributed by atoms with Crippen LogP contribution >= 0.6 is 0 Å². The van der Waals surface area contributed by atoms with Gasteiger partial charge in [0.1, 0.15) is 12.7 Å². The topological polar surface area (TPSA) is 102 Å². The highest BCUT2D eigenvalue weighted by atomic mass is 16.5. The zero-order chi connectivity index (χ0) is 17.2. The summed E-state index contributed by atoms with van der Waals surface area (Å²) in [5.41, 5.74) is 1.43. The van der Waals surface area contributed by atoms with E-state index in [9.17, 15) is 4.79 Å². The summed E-state index contributed by atoms with van der Waals surface area (Å²) < 4.78 is 6.89. The Hall–Kier alpha value is -3.23. The lowest BCUT2D eigenvalue weighted by atomic mass is 10.1. The first kappa shape index (κ1) is 15.3. The van der Waals surface area contributed by atoms with Crippen LogP contribution < -0.4 is 5.32 Å². The number of nitrogens with one attached hydrogen (secondary N) is 1. The van der Waals surface area contributed by atoms with Gasteiger partial charge in [-0.2, -0.15) is 5.10 Å². The first-order valence-corrected chi connectivity index (χ1v) is 8.02. The highest BCUT2D eigenvalue weighted by Crippen LogP contribution is 2.32. The molecule has 0 saturated carbocycles. The predicted octanol–water partition coefficient (Wildman–Crippen LogP) is 2.33. The van der Waals surface area contributed by atoms with Crippen LogP contribution in [-0.4, -0.2) is 42.4 Å². The molecule has 4 heterocycles. The molecule has 3 aromatic rings. The second-order valence-corrected chi connectivity index (χ2v) is 5.90. The minimum atomic E-state index is -0.174. The minimum Gasteiger partial charge on any atom is -0.359 e. The van der Waals surface area contributed by atoms with Crippen LogP contribution in [0.15, 0.2) is 41.6 Å². The van der Waals surface area contributed by atoms with Crippen LogP contribution in [0.4, 0.5) is 10.5 Å². The molecule has 25 heavy (non-hydrogen) atoms. The third-order valence-electron chi connectivity index (χ3n) is 4.14. The Balaban J connectivity index is 1.46. The number of nitrogens with zero attached hydrogens (tertiary/aromatic N) is 6. The standard InChI is InChI=1S/C16H17N7O2/c1-11-7-14(25-21-11)13-3-2-6-22(13)16(24)20-12-4-5-15(18-8-12)23-10-17-9-19-23/h4-5,7-10,13H,2-3,6H2,1H3,(H,20,24)/t13-/m1/s1. The molecule has 2 amide bonds. The van der Waals surface area contributed by atoms with Gasteiger partial charge in [-0.15, -0.1) is 0 Å². The number of rotatable bonds is 3. The van der Waals surface area contributed by atoms with E-state index in [1.165, 1.54) is 6.33 Å². The molecule has 0 spiro atoms. The number of hydrogen-bond acceptors (Lipinski definition) is 6. The fraction of sp³-hybridized carbons (Fsp3) is 0.312. The van der Waals surface area contributed by atoms with Crippen molar-refractivity contribution < 1.29 is 9.32 Å². The molecule has 1 N–H and O–H groups in total. The number of aryl methyl sites for hydroxylation is 1. The van der Waals surface area contributed by atoms with Gasteiger partial charge in [-0.1, -0.05) is 5.16 Å². The summed E-state index contributed by atoms with van der Waals surface area (Å²) in [5.74, 6) is 1.36. The Kier molecular flexibility index (Phi) is 3.88. The smallest absolute Gasteiger partial charge is 0.322 e. The van der Waals surface area contributed by atoms with E-state index in [-0.39, 0.29) is 12.1 Å². The Labute approximate surface area is 143 Å². The van der Waals surface area contributed by atoms with E-state index < -0.39 is 0 Å². The molecule has 1 aliphatic heterocycles. The fourth-order valence-electron chi connectivity index (χ4n) is 2.96. The summed E-state index contributed by atoms with van der Waals surface area (Å²) >= 11 is 0. The van der Waals surface area contributed by atoms with E-state index in [2.05, 4.69) is 25.5 Å². The van der Waals surface area contributed by atoms with Gasteiger partial charge in [0, 0.05) is 12.6 Å². The van der Waals surface area contributed by atoms with Crippen molar-refractivity contribution in [3.05, 3.63) is 48.5 Å². The van der Waals surface area contributed by atoms with Crippen LogP contribution in [0.3, 0.4) is 0 Å². The molecular weight excluding hydrogens is 322 g/mol. The Morgan fingerprint density at radius 1 is 1.40 bits per heavy atom. The maximum atomic E-state index is 12.6. The number of pyridine rings is 1. The van der Waals surface area contributed by atoms with Gasteiger partial charge in [-0.05, 0) is 31.9 Å². The van der Waals surface area contributed by atoms with E-state index in [4.69, 9.17) is 4.52 Å². The molecule has 0 aromatic carbocycles. The van der Waals surface area contributed by atoms with Crippen LogP contribution in [0, 0.1) is 6.92 Å². The van der Waals surface area contributed by atoms with Crippen molar-refractivity contribution in [2.24, 2.45) is 0 Å². The lowest BCUT2D eigenvalue weighted by Gasteiger charge is -2.23. The van der Waals surface area contributed by atoms with Crippen molar-refractivity contribution in [3.63, 3.8) is 0 Å². The van der Waals surface area contributed by atoms with Crippen molar-refractivity contribution in [1.82, 2.24) is 29.8 Å². The molecule has 1 aliphatic rings. The van der Waals surface area contributed by atoms with Crippen molar-refractivity contribution in [1.29, 1.82) is 0 Å². The average molecular weight is 339 g/mol. The number of aromatic nitrogens is 5. The highest BCUT2D eigenvalue weighted by Gasteiger charge is 2.32. The van der Waals surface area contributed by atoms with Gasteiger partial charge in [-0.25, -0.2) is 19.4 Å². The number of urea groups is 1. The highest BCUT2D eigenvalue weighted by molar-refractivity contribution is 5.89. The van der Waals surface area contributed by atoms with Gasteiger partial charge in [0.2, 0.25) is 0 Å². The number of carbonyl (C=O) groups is 1. The lowest BCUT2D eigenvalue weighted by Crippen LogP contribution is -2.34. The molecule has 0 unspecified atom stereocenters. The summed E-state index contributed by atoms with van der Waals surface area (Å²) in [7, 11) is 0. The Morgan fingerprint density at radius 3 is 3.00 bits per heavy atom. The molecule has 1 fully saturated rings. The van der Waals surface area contributed by atoms with Crippen molar-refractivity contribution in [2.45, 2.75) is 25.8 Å². The quantitative estimate of drug-likeness (QED) is 0.786. The molecular formula is C16H17N7O2. The summed E-state index contributed by atoms with van der Waals surface area (Å²) in [6.45, 7) is 2.55. The maximum Gasteiger partial charge on any atom is 0.322 e. The Bertz CT molecular complexity index is 857. The van der Waals surface area contributed by atoms with E-state index in [0.717, 1.165) is 24.3 Å². The number of likely N-dealkylation sites (tertiary alicyclic amines) is 1. The first-order valence-electron chi connectivity index (χ1n) is 8.02. The van der Waals surface area contributed by atoms with Crippen molar-refractivity contribution in [2.75, 3.05) is 11.9 Å². The molecule has 9 heteroatoms. The number of hydrogen-bond donors (Lipinski definition) is 1. The fourth-order valence-corrected chi connectivity index (χ4v) is 2.96. The molecule has 4 rings (SSSR count). The average Bonchev–Trinajstić information content (AvgIpc) is 3.36. The molecule has 0 bridgehead atoms. The molecule has 9 nitrogen and oxygen atoms in total. The summed E-state index contributed by atoms with van der Waals surface area (Å²) in [6, 6.07) is 5.18. The number of amides is 2. The molecule has 128 valence electrons. The summed E-state index contributed by atoms with van der Waals surface area (Å²) in [6.07, 6.45) is 6.40. The molecule has 1 atom stereocenters. The van der Waals surface area contributed by atoms with Crippen molar-refractivity contribution >= 4 is 11.7 Å². The second-order valence-electron chi connectivity index (χ2n) is 5.90. The van der Waals surface area contributed by atoms with Gasteiger partial charge < -0.3 is 14.7 Å². The van der Waals surface area contributed by atoms with E-state index in [1.54, 1.807) is 34.2 Å². The van der Waals surface area contributed by atoms with E-state index in [0.29, 0.717) is 18.1 Å². The zero-order valence-corrected chi connectivity index (χ0v) is 13.7. The Morgan fingerprint density at radius 2 is 2.32 bits per heavy atom. The van der Waals surface area contributed by atoms with Crippen LogP contribution in [0.1, 0.15) is 30.3 Å². The molecule has 3 aromatic heterocycles. The van der Waals surface area contributed by atoms with E-state index >= 15 is 0 Å². The van der Waals surface area contributed by atoms with Crippen LogP contribution in [0.25, 0.3) is 5.82 Å². The first-order chi connectivity index (χ1) is 12.2. The van der Waals surface area contributed by atoms with Crippen LogP contribution in [-0.2, 0) is 0 Å². The monoisotopic (exact) mass is 339 g/mol. The minimum absolute atomic E-state index is 0.0800. The molecule has 0 radical (unpaired) electrons. The summed E-state index contributed by atoms with van der Waals surface area (Å²) in [4.78, 5) is 22.5. The van der Waals surface area contributed by atoms with Crippen molar-refractivity contribution in [3.8, 4) is 5.82 Å². The van der Waals surface area contributed by atoms with Gasteiger partial charge in [0.15, 0.2) is 11.6 Å². The molecule has 1 saturated heterocycles. The lowest BCUT2D eigenvalue weighted by molar-refractivity contribution is 0.195. The second kappa shape index (κ2) is 6.34. The van der Waals surface area contributed by atoms with Gasteiger partial charge in [0.25, 0.3) is 0 Å². The third-order valence-corrected chi connectivity index (χ3v) is 4.14. The molecule has 0 aliphatic carbocycles. The summed E-state index contributed by atoms with van der Waals surface area (Å²) in [5, 5.41) is 10.8. The largest absolute Gasteiger partial charge is 0.359 e. The zero-order valence-electron chi connectivity index (χ0n) is 13.7. The van der Waals surface area contributed by atoms with E-state index in [1.807, 2.05) is 13.0 Å². The van der Waals surface area contributed by atoms with Gasteiger partial charge >= 0.3 is 6.03 Å². The van der Waals surface area contributed by atoms with Crippen LogP contribution in [0.2, 0.25) is 0 Å². The predicted molar refractivity (Wildman–Crippen MR) is 88.1 cm³/mol. The van der Waals surface area contributed by atoms with Crippen LogP contribution in [0.5, 0.6) is 0 Å². The number of carbonyl (C=O) groups excluding carboxylic acids is 1. The third kappa shape index (κ3) is 3.08. The maximum absolute atomic E-state index is 12.6. The number of anilines is 1. The SMILES string of the molecule is Cc1cc([C@H]2CCCN2C(=O)Nc2ccc(-n3cncn3)nc2)on1.